The van der Waals surface area contributed by atoms with Gasteiger partial charge in [-0.05, 0) is 35.2 Å². The summed E-state index contributed by atoms with van der Waals surface area (Å²) in [6.45, 7) is 0.146. The third-order valence-electron chi connectivity index (χ3n) is 4.05. The number of nitrogens with one attached hydrogen (secondary N) is 2. The number of rotatable bonds is 6. The number of hydrogen-bond donors (Lipinski definition) is 3. The summed E-state index contributed by atoms with van der Waals surface area (Å²) < 4.78 is 13.0. The van der Waals surface area contributed by atoms with Crippen LogP contribution in [0.1, 0.15) is 17.2 Å². The summed E-state index contributed by atoms with van der Waals surface area (Å²) in [5, 5.41) is 13.4. The SMILES string of the molecule is O=C(NCCc1cc2ccccc2[nH]1)[C@@H](CO)c1ccc(F)cc1. The maximum Gasteiger partial charge on any atom is 0.229 e. The monoisotopic (exact) mass is 326 g/mol. The normalized spacial score (nSPS) is 12.2. The number of carbonyl (C=O) groups excluding carboxylic acids is 1. The van der Waals surface area contributed by atoms with Crippen LogP contribution < -0.4 is 5.32 Å². The third kappa shape index (κ3) is 3.63. The van der Waals surface area contributed by atoms with Crippen molar-refractivity contribution in [2.45, 2.75) is 12.3 Å². The van der Waals surface area contributed by atoms with E-state index in [9.17, 15) is 14.3 Å². The van der Waals surface area contributed by atoms with Crippen LogP contribution in [0.25, 0.3) is 10.9 Å². The van der Waals surface area contributed by atoms with E-state index in [1.807, 2.05) is 24.3 Å². The Morgan fingerprint density at radius 2 is 1.92 bits per heavy atom. The first-order chi connectivity index (χ1) is 11.7. The third-order valence-corrected chi connectivity index (χ3v) is 4.05. The summed E-state index contributed by atoms with van der Waals surface area (Å²) in [6.07, 6.45) is 0.669. The molecule has 0 aliphatic rings. The van der Waals surface area contributed by atoms with Crippen molar-refractivity contribution in [2.75, 3.05) is 13.2 Å². The van der Waals surface area contributed by atoms with E-state index in [1.165, 1.54) is 24.3 Å². The second-order valence-electron chi connectivity index (χ2n) is 5.71. The Kier molecular flexibility index (Phi) is 4.91. The van der Waals surface area contributed by atoms with Crippen LogP contribution in [0.5, 0.6) is 0 Å². The lowest BCUT2D eigenvalue weighted by Crippen LogP contribution is -2.32. The average molecular weight is 326 g/mol. The molecule has 1 atom stereocenters. The molecule has 0 saturated heterocycles. The standard InChI is InChI=1S/C19H19FN2O2/c20-15-7-5-13(6-8-15)17(12-23)19(24)21-10-9-16-11-14-3-1-2-4-18(14)22-16/h1-8,11,17,22-23H,9-10,12H2,(H,21,24)/t17-/m0/s1. The number of carbonyl (C=O) groups is 1. The van der Waals surface area contributed by atoms with Gasteiger partial charge in [-0.15, -0.1) is 0 Å². The van der Waals surface area contributed by atoms with Crippen LogP contribution in [-0.2, 0) is 11.2 Å². The number of aliphatic hydroxyl groups excluding tert-OH is 1. The van der Waals surface area contributed by atoms with Crippen LogP contribution in [-0.4, -0.2) is 29.1 Å². The number of hydrogen-bond acceptors (Lipinski definition) is 2. The topological polar surface area (TPSA) is 65.1 Å². The molecular formula is C19H19FN2O2. The zero-order valence-electron chi connectivity index (χ0n) is 13.1. The highest BCUT2D eigenvalue weighted by molar-refractivity contribution is 5.84. The lowest BCUT2D eigenvalue weighted by atomic mass is 9.99. The molecule has 0 bridgehead atoms. The van der Waals surface area contributed by atoms with Crippen LogP contribution in [0.2, 0.25) is 0 Å². The van der Waals surface area contributed by atoms with Crippen molar-refractivity contribution < 1.29 is 14.3 Å². The molecule has 124 valence electrons. The van der Waals surface area contributed by atoms with Crippen molar-refractivity contribution in [1.82, 2.24) is 10.3 Å². The second kappa shape index (κ2) is 7.27. The first-order valence-corrected chi connectivity index (χ1v) is 7.88. The lowest BCUT2D eigenvalue weighted by Gasteiger charge is -2.14. The second-order valence-corrected chi connectivity index (χ2v) is 5.71. The highest BCUT2D eigenvalue weighted by Gasteiger charge is 2.19. The molecule has 0 unspecified atom stereocenters. The van der Waals surface area contributed by atoms with E-state index in [0.29, 0.717) is 18.5 Å². The summed E-state index contributed by atoms with van der Waals surface area (Å²) in [6, 6.07) is 15.7. The van der Waals surface area contributed by atoms with E-state index in [1.54, 1.807) is 0 Å². The van der Waals surface area contributed by atoms with Crippen molar-refractivity contribution in [3.8, 4) is 0 Å². The van der Waals surface area contributed by atoms with Crippen molar-refractivity contribution in [3.63, 3.8) is 0 Å². The molecule has 0 aliphatic carbocycles. The number of halogens is 1. The Hall–Kier alpha value is -2.66. The number of aromatic nitrogens is 1. The van der Waals surface area contributed by atoms with E-state index in [-0.39, 0.29) is 18.3 Å². The van der Waals surface area contributed by atoms with E-state index >= 15 is 0 Å². The smallest absolute Gasteiger partial charge is 0.229 e. The van der Waals surface area contributed by atoms with Crippen LogP contribution in [0.3, 0.4) is 0 Å². The molecule has 24 heavy (non-hydrogen) atoms. The zero-order valence-corrected chi connectivity index (χ0v) is 13.1. The van der Waals surface area contributed by atoms with Crippen LogP contribution in [0.4, 0.5) is 4.39 Å². The molecule has 0 fully saturated rings. The maximum atomic E-state index is 13.0. The minimum absolute atomic E-state index is 0.264. The van der Waals surface area contributed by atoms with Gasteiger partial charge in [-0.25, -0.2) is 4.39 Å². The Morgan fingerprint density at radius 3 is 2.62 bits per heavy atom. The van der Waals surface area contributed by atoms with Gasteiger partial charge in [0.1, 0.15) is 5.82 Å². The fourth-order valence-electron chi connectivity index (χ4n) is 2.75. The number of benzene rings is 2. The largest absolute Gasteiger partial charge is 0.395 e. The Balaban J connectivity index is 1.58. The van der Waals surface area contributed by atoms with Crippen molar-refractivity contribution in [1.29, 1.82) is 0 Å². The van der Waals surface area contributed by atoms with Crippen molar-refractivity contribution >= 4 is 16.8 Å². The van der Waals surface area contributed by atoms with Gasteiger partial charge in [-0.2, -0.15) is 0 Å². The molecule has 1 aromatic heterocycles. The molecule has 3 N–H and O–H groups in total. The van der Waals surface area contributed by atoms with E-state index in [4.69, 9.17) is 0 Å². The van der Waals surface area contributed by atoms with Gasteiger partial charge in [0.15, 0.2) is 0 Å². The first-order valence-electron chi connectivity index (χ1n) is 7.88. The van der Waals surface area contributed by atoms with Crippen molar-refractivity contribution in [3.05, 3.63) is 71.7 Å². The fraction of sp³-hybridized carbons (Fsp3) is 0.211. The molecule has 0 aliphatic heterocycles. The summed E-state index contributed by atoms with van der Waals surface area (Å²) in [5.41, 5.74) is 2.71. The molecule has 5 heteroatoms. The molecule has 4 nitrogen and oxygen atoms in total. The quantitative estimate of drug-likeness (QED) is 0.652. The summed E-state index contributed by atoms with van der Waals surface area (Å²) in [5.74, 6) is -1.32. The highest BCUT2D eigenvalue weighted by atomic mass is 19.1. The van der Waals surface area contributed by atoms with Gasteiger partial charge in [0.2, 0.25) is 5.91 Å². The number of aliphatic hydroxyl groups is 1. The van der Waals surface area contributed by atoms with Gasteiger partial charge in [0, 0.05) is 24.2 Å². The molecule has 0 radical (unpaired) electrons. The van der Waals surface area contributed by atoms with Gasteiger partial charge in [0.05, 0.1) is 12.5 Å². The number of H-pyrrole nitrogens is 1. The minimum atomic E-state index is -0.687. The Bertz CT molecular complexity index is 794. The molecule has 3 aromatic rings. The minimum Gasteiger partial charge on any atom is -0.395 e. The van der Waals surface area contributed by atoms with Gasteiger partial charge in [-0.1, -0.05) is 30.3 Å². The molecule has 1 heterocycles. The number of para-hydroxylation sites is 1. The Labute approximate surface area is 139 Å². The van der Waals surface area contributed by atoms with Crippen LogP contribution in [0, 0.1) is 5.82 Å². The van der Waals surface area contributed by atoms with Crippen LogP contribution in [0.15, 0.2) is 54.6 Å². The number of fused-ring (bicyclic) bond motifs is 1. The van der Waals surface area contributed by atoms with Crippen LogP contribution >= 0.6 is 0 Å². The number of aromatic amines is 1. The zero-order chi connectivity index (χ0) is 16.9. The molecule has 2 aromatic carbocycles. The maximum absolute atomic E-state index is 13.0. The molecule has 0 spiro atoms. The van der Waals surface area contributed by atoms with Gasteiger partial charge in [-0.3, -0.25) is 4.79 Å². The van der Waals surface area contributed by atoms with E-state index in [2.05, 4.69) is 16.4 Å². The molecule has 3 rings (SSSR count). The fourth-order valence-corrected chi connectivity index (χ4v) is 2.75. The predicted octanol–water partition coefficient (Wildman–Crippen LogP) is 2.74. The summed E-state index contributed by atoms with van der Waals surface area (Å²) in [7, 11) is 0. The van der Waals surface area contributed by atoms with E-state index < -0.39 is 5.92 Å². The van der Waals surface area contributed by atoms with E-state index in [0.717, 1.165) is 16.6 Å². The lowest BCUT2D eigenvalue weighted by molar-refractivity contribution is -0.123. The Morgan fingerprint density at radius 1 is 1.17 bits per heavy atom. The van der Waals surface area contributed by atoms with Gasteiger partial charge < -0.3 is 15.4 Å². The number of amides is 1. The summed E-state index contributed by atoms with van der Waals surface area (Å²) >= 11 is 0. The first kappa shape index (κ1) is 16.2. The highest BCUT2D eigenvalue weighted by Crippen LogP contribution is 2.17. The predicted molar refractivity (Wildman–Crippen MR) is 91.2 cm³/mol. The molecule has 0 saturated carbocycles. The van der Waals surface area contributed by atoms with Gasteiger partial charge >= 0.3 is 0 Å². The van der Waals surface area contributed by atoms with Crippen molar-refractivity contribution in [2.24, 2.45) is 0 Å². The molecular weight excluding hydrogens is 307 g/mol. The average Bonchev–Trinajstić information content (AvgIpc) is 3.00. The van der Waals surface area contributed by atoms with Gasteiger partial charge in [0.25, 0.3) is 0 Å². The summed E-state index contributed by atoms with van der Waals surface area (Å²) in [4.78, 5) is 15.6. The molecule has 1 amide bonds.